The number of benzene rings is 3. The Labute approximate surface area is 183 Å². The molecule has 0 aliphatic rings. The molecule has 3 aromatic carbocycles. The van der Waals surface area contributed by atoms with Gasteiger partial charge in [-0.1, -0.05) is 36.4 Å². The normalized spacial score (nSPS) is 11.7. The molecule has 32 heavy (non-hydrogen) atoms. The quantitative estimate of drug-likeness (QED) is 0.361. The van der Waals surface area contributed by atoms with E-state index in [4.69, 9.17) is 4.74 Å². The van der Waals surface area contributed by atoms with Crippen LogP contribution in [0.5, 0.6) is 5.75 Å². The lowest BCUT2D eigenvalue weighted by molar-refractivity contribution is -0.123. The molecule has 0 radical (unpaired) electrons. The first-order valence-electron chi connectivity index (χ1n) is 10.0. The minimum atomic E-state index is -0.874. The van der Waals surface area contributed by atoms with Crippen LogP contribution in [-0.4, -0.2) is 28.9 Å². The van der Waals surface area contributed by atoms with Crippen molar-refractivity contribution in [2.75, 3.05) is 7.11 Å². The second-order valence-electron chi connectivity index (χ2n) is 7.22. The summed E-state index contributed by atoms with van der Waals surface area (Å²) in [6, 6.07) is 20.2. The molecule has 1 unspecified atom stereocenters. The topological polar surface area (TPSA) is 116 Å². The SMILES string of the molecule is COc1ccc(C(=O)NC(C(=O)NCc2ccc3[nH]c(=O)[nH]c3c2)c2ccccc2)cc1. The van der Waals surface area contributed by atoms with Gasteiger partial charge >= 0.3 is 5.69 Å². The molecule has 1 atom stereocenters. The largest absolute Gasteiger partial charge is 0.497 e. The van der Waals surface area contributed by atoms with Crippen LogP contribution in [-0.2, 0) is 11.3 Å². The van der Waals surface area contributed by atoms with E-state index in [1.165, 1.54) is 0 Å². The van der Waals surface area contributed by atoms with Crippen molar-refractivity contribution in [3.63, 3.8) is 0 Å². The fourth-order valence-electron chi connectivity index (χ4n) is 3.38. The van der Waals surface area contributed by atoms with Crippen molar-refractivity contribution in [3.05, 3.63) is 100.0 Å². The minimum absolute atomic E-state index is 0.240. The number of hydrogen-bond acceptors (Lipinski definition) is 4. The lowest BCUT2D eigenvalue weighted by Gasteiger charge is -2.19. The van der Waals surface area contributed by atoms with Gasteiger partial charge in [0, 0.05) is 12.1 Å². The number of aromatic nitrogens is 2. The fraction of sp³-hybridized carbons (Fsp3) is 0.125. The van der Waals surface area contributed by atoms with Gasteiger partial charge in [-0.25, -0.2) is 4.79 Å². The van der Waals surface area contributed by atoms with E-state index in [1.54, 1.807) is 55.6 Å². The zero-order valence-electron chi connectivity index (χ0n) is 17.3. The summed E-state index contributed by atoms with van der Waals surface area (Å²) in [6.45, 7) is 0.240. The van der Waals surface area contributed by atoms with Crippen molar-refractivity contribution in [3.8, 4) is 5.75 Å². The molecule has 8 nitrogen and oxygen atoms in total. The summed E-state index contributed by atoms with van der Waals surface area (Å²) in [5.74, 6) is -0.0802. The number of fused-ring (bicyclic) bond motifs is 1. The van der Waals surface area contributed by atoms with Crippen LogP contribution in [0.3, 0.4) is 0 Å². The first-order chi connectivity index (χ1) is 15.5. The Morgan fingerprint density at radius 3 is 2.38 bits per heavy atom. The first-order valence-corrected chi connectivity index (χ1v) is 10.0. The number of imidazole rings is 1. The number of carbonyl (C=O) groups excluding carboxylic acids is 2. The molecule has 0 aliphatic carbocycles. The molecule has 0 saturated carbocycles. The van der Waals surface area contributed by atoms with Gasteiger partial charge in [0.2, 0.25) is 5.91 Å². The Balaban J connectivity index is 1.50. The third kappa shape index (κ3) is 4.70. The number of amides is 2. The second-order valence-corrected chi connectivity index (χ2v) is 7.22. The van der Waals surface area contributed by atoms with Gasteiger partial charge in [-0.05, 0) is 47.5 Å². The third-order valence-corrected chi connectivity index (χ3v) is 5.07. The van der Waals surface area contributed by atoms with Crippen LogP contribution in [0.4, 0.5) is 0 Å². The Bertz CT molecular complexity index is 1290. The Kier molecular flexibility index (Phi) is 6.03. The minimum Gasteiger partial charge on any atom is -0.497 e. The molecule has 8 heteroatoms. The predicted octanol–water partition coefficient (Wildman–Crippen LogP) is 2.65. The number of H-pyrrole nitrogens is 2. The van der Waals surface area contributed by atoms with Crippen LogP contribution in [0.25, 0.3) is 11.0 Å². The van der Waals surface area contributed by atoms with Crippen LogP contribution in [0.1, 0.15) is 27.5 Å². The zero-order chi connectivity index (χ0) is 22.5. The van der Waals surface area contributed by atoms with E-state index in [0.717, 1.165) is 5.56 Å². The maximum absolute atomic E-state index is 13.0. The van der Waals surface area contributed by atoms with Crippen molar-refractivity contribution in [2.45, 2.75) is 12.6 Å². The van der Waals surface area contributed by atoms with Crippen molar-refractivity contribution >= 4 is 22.8 Å². The number of nitrogens with one attached hydrogen (secondary N) is 4. The molecular formula is C24H22N4O4. The summed E-state index contributed by atoms with van der Waals surface area (Å²) in [6.07, 6.45) is 0. The highest BCUT2D eigenvalue weighted by molar-refractivity contribution is 5.98. The van der Waals surface area contributed by atoms with Crippen molar-refractivity contribution < 1.29 is 14.3 Å². The highest BCUT2D eigenvalue weighted by Crippen LogP contribution is 2.17. The van der Waals surface area contributed by atoms with Gasteiger partial charge < -0.3 is 25.3 Å². The molecule has 4 aromatic rings. The molecule has 2 amide bonds. The van der Waals surface area contributed by atoms with Gasteiger partial charge in [0.05, 0.1) is 18.1 Å². The monoisotopic (exact) mass is 430 g/mol. The van der Waals surface area contributed by atoms with Gasteiger partial charge in [-0.3, -0.25) is 9.59 Å². The molecule has 1 heterocycles. The molecule has 0 spiro atoms. The third-order valence-electron chi connectivity index (χ3n) is 5.07. The molecule has 1 aromatic heterocycles. The first kappa shape index (κ1) is 20.9. The maximum Gasteiger partial charge on any atom is 0.323 e. The maximum atomic E-state index is 13.0. The number of rotatable bonds is 7. The highest BCUT2D eigenvalue weighted by Gasteiger charge is 2.23. The van der Waals surface area contributed by atoms with Crippen LogP contribution in [0.2, 0.25) is 0 Å². The number of methoxy groups -OCH3 is 1. The summed E-state index contributed by atoms with van der Waals surface area (Å²) < 4.78 is 5.12. The van der Waals surface area contributed by atoms with Crippen LogP contribution in [0.15, 0.2) is 77.6 Å². The molecular weight excluding hydrogens is 408 g/mol. The highest BCUT2D eigenvalue weighted by atomic mass is 16.5. The number of hydrogen-bond donors (Lipinski definition) is 4. The van der Waals surface area contributed by atoms with E-state index in [1.807, 2.05) is 24.3 Å². The lowest BCUT2D eigenvalue weighted by atomic mass is 10.0. The zero-order valence-corrected chi connectivity index (χ0v) is 17.3. The van der Waals surface area contributed by atoms with Crippen molar-refractivity contribution in [1.82, 2.24) is 20.6 Å². The van der Waals surface area contributed by atoms with E-state index in [-0.39, 0.29) is 24.0 Å². The molecule has 162 valence electrons. The molecule has 4 rings (SSSR count). The van der Waals surface area contributed by atoms with Crippen LogP contribution >= 0.6 is 0 Å². The van der Waals surface area contributed by atoms with Gasteiger partial charge in [0.15, 0.2) is 0 Å². The number of aromatic amines is 2. The predicted molar refractivity (Wildman–Crippen MR) is 120 cm³/mol. The Hall–Kier alpha value is -4.33. The number of ether oxygens (including phenoxy) is 1. The molecule has 4 N–H and O–H groups in total. The average molecular weight is 430 g/mol. The summed E-state index contributed by atoms with van der Waals surface area (Å²) in [4.78, 5) is 42.6. The Morgan fingerprint density at radius 2 is 1.66 bits per heavy atom. The summed E-state index contributed by atoms with van der Waals surface area (Å²) in [5.41, 5.74) is 2.97. The lowest BCUT2D eigenvalue weighted by Crippen LogP contribution is -2.40. The summed E-state index contributed by atoms with van der Waals surface area (Å²) in [7, 11) is 1.55. The molecule has 0 saturated heterocycles. The van der Waals surface area contributed by atoms with Crippen LogP contribution < -0.4 is 21.1 Å². The average Bonchev–Trinajstić information content (AvgIpc) is 3.20. The van der Waals surface area contributed by atoms with E-state index < -0.39 is 6.04 Å². The van der Waals surface area contributed by atoms with Gasteiger partial charge in [0.1, 0.15) is 11.8 Å². The Morgan fingerprint density at radius 1 is 0.938 bits per heavy atom. The number of carbonyl (C=O) groups is 2. The standard InChI is InChI=1S/C24H22N4O4/c1-32-18-10-8-17(9-11-18)22(29)28-21(16-5-3-2-4-6-16)23(30)25-14-15-7-12-19-20(13-15)27-24(31)26-19/h2-13,21H,14H2,1H3,(H,25,30)(H,28,29)(H2,26,27,31). The fourth-order valence-corrected chi connectivity index (χ4v) is 3.38. The van der Waals surface area contributed by atoms with Crippen molar-refractivity contribution in [1.29, 1.82) is 0 Å². The summed E-state index contributed by atoms with van der Waals surface area (Å²) in [5, 5.41) is 5.68. The van der Waals surface area contributed by atoms with Crippen molar-refractivity contribution in [2.24, 2.45) is 0 Å². The van der Waals surface area contributed by atoms with Gasteiger partial charge in [-0.2, -0.15) is 0 Å². The molecule has 0 aliphatic heterocycles. The summed E-state index contributed by atoms with van der Waals surface area (Å²) >= 11 is 0. The van der Waals surface area contributed by atoms with Gasteiger partial charge in [0.25, 0.3) is 5.91 Å². The van der Waals surface area contributed by atoms with Gasteiger partial charge in [-0.15, -0.1) is 0 Å². The molecule has 0 fully saturated rings. The second kappa shape index (κ2) is 9.22. The smallest absolute Gasteiger partial charge is 0.323 e. The van der Waals surface area contributed by atoms with E-state index >= 15 is 0 Å². The molecule has 0 bridgehead atoms. The van der Waals surface area contributed by atoms with E-state index in [0.29, 0.717) is 27.9 Å². The van der Waals surface area contributed by atoms with E-state index in [2.05, 4.69) is 20.6 Å². The van der Waals surface area contributed by atoms with E-state index in [9.17, 15) is 14.4 Å². The van der Waals surface area contributed by atoms with Crippen LogP contribution in [0, 0.1) is 0 Å².